The van der Waals surface area contributed by atoms with Gasteiger partial charge in [0, 0.05) is 18.5 Å². The van der Waals surface area contributed by atoms with Crippen LogP contribution in [-0.2, 0) is 19.5 Å². The Morgan fingerprint density at radius 3 is 2.92 bits per heavy atom. The molecule has 7 nitrogen and oxygen atoms in total. The first-order chi connectivity index (χ1) is 12.2. The van der Waals surface area contributed by atoms with E-state index in [1.165, 1.54) is 0 Å². The predicted octanol–water partition coefficient (Wildman–Crippen LogP) is 2.51. The van der Waals surface area contributed by atoms with E-state index in [9.17, 15) is 4.79 Å². The molecular formula is C18H19N5O2. The van der Waals surface area contributed by atoms with Gasteiger partial charge in [-0.2, -0.15) is 0 Å². The standard InChI is InChI=1S/C18H19N5O2/c1-12-16(25-18(20-12)13-7-3-2-4-8-13)17(24)19-11-15-22-21-14-9-5-6-10-23(14)15/h2-4,7-8H,5-6,9-11H2,1H3,(H,19,24). The maximum absolute atomic E-state index is 12.5. The predicted molar refractivity (Wildman–Crippen MR) is 90.8 cm³/mol. The maximum Gasteiger partial charge on any atom is 0.289 e. The van der Waals surface area contributed by atoms with Crippen LogP contribution in [0.25, 0.3) is 11.5 Å². The molecule has 3 aromatic rings. The lowest BCUT2D eigenvalue weighted by atomic mass is 10.2. The molecule has 0 bridgehead atoms. The summed E-state index contributed by atoms with van der Waals surface area (Å²) in [5.41, 5.74) is 1.41. The number of hydrogen-bond donors (Lipinski definition) is 1. The Morgan fingerprint density at radius 1 is 1.24 bits per heavy atom. The molecule has 0 aliphatic carbocycles. The van der Waals surface area contributed by atoms with E-state index in [0.717, 1.165) is 43.0 Å². The Balaban J connectivity index is 1.48. The van der Waals surface area contributed by atoms with Crippen molar-refractivity contribution in [2.24, 2.45) is 0 Å². The van der Waals surface area contributed by atoms with Gasteiger partial charge in [-0.1, -0.05) is 18.2 Å². The molecule has 1 N–H and O–H groups in total. The number of oxazole rings is 1. The fraction of sp³-hybridized carbons (Fsp3) is 0.333. The monoisotopic (exact) mass is 337 g/mol. The van der Waals surface area contributed by atoms with Crippen molar-refractivity contribution in [1.82, 2.24) is 25.1 Å². The molecule has 2 aromatic heterocycles. The van der Waals surface area contributed by atoms with Gasteiger partial charge in [0.15, 0.2) is 5.82 Å². The molecule has 0 spiro atoms. The topological polar surface area (TPSA) is 85.8 Å². The third-order valence-corrected chi connectivity index (χ3v) is 4.37. The normalized spacial score (nSPS) is 13.5. The first-order valence-corrected chi connectivity index (χ1v) is 8.44. The highest BCUT2D eigenvalue weighted by Crippen LogP contribution is 2.21. The number of nitrogens with one attached hydrogen (secondary N) is 1. The zero-order chi connectivity index (χ0) is 17.2. The molecular weight excluding hydrogens is 318 g/mol. The molecule has 3 heterocycles. The molecule has 4 rings (SSSR count). The minimum absolute atomic E-state index is 0.234. The van der Waals surface area contributed by atoms with Crippen LogP contribution in [0.15, 0.2) is 34.7 Å². The molecule has 0 unspecified atom stereocenters. The summed E-state index contributed by atoms with van der Waals surface area (Å²) in [6.07, 6.45) is 3.21. The van der Waals surface area contributed by atoms with Crippen molar-refractivity contribution >= 4 is 5.91 Å². The molecule has 0 fully saturated rings. The van der Waals surface area contributed by atoms with E-state index in [4.69, 9.17) is 4.42 Å². The molecule has 0 radical (unpaired) electrons. The lowest BCUT2D eigenvalue weighted by molar-refractivity contribution is 0.0921. The van der Waals surface area contributed by atoms with E-state index < -0.39 is 0 Å². The van der Waals surface area contributed by atoms with Gasteiger partial charge in [0.25, 0.3) is 5.91 Å². The van der Waals surface area contributed by atoms with E-state index in [-0.39, 0.29) is 11.7 Å². The highest BCUT2D eigenvalue weighted by molar-refractivity contribution is 5.92. The van der Waals surface area contributed by atoms with E-state index in [1.807, 2.05) is 30.3 Å². The van der Waals surface area contributed by atoms with Gasteiger partial charge in [-0.05, 0) is 31.9 Å². The summed E-state index contributed by atoms with van der Waals surface area (Å²) in [4.78, 5) is 16.8. The molecule has 25 heavy (non-hydrogen) atoms. The van der Waals surface area contributed by atoms with Crippen LogP contribution in [0.2, 0.25) is 0 Å². The smallest absolute Gasteiger partial charge is 0.289 e. The average Bonchev–Trinajstić information content (AvgIpc) is 3.24. The van der Waals surface area contributed by atoms with Crippen LogP contribution in [0.1, 0.15) is 40.7 Å². The van der Waals surface area contributed by atoms with Crippen molar-refractivity contribution in [3.05, 3.63) is 53.4 Å². The van der Waals surface area contributed by atoms with E-state index in [1.54, 1.807) is 6.92 Å². The van der Waals surface area contributed by atoms with Crippen molar-refractivity contribution in [3.8, 4) is 11.5 Å². The first kappa shape index (κ1) is 15.6. The molecule has 0 saturated carbocycles. The van der Waals surface area contributed by atoms with Crippen molar-refractivity contribution in [2.75, 3.05) is 0 Å². The molecule has 0 saturated heterocycles. The molecule has 0 atom stereocenters. The van der Waals surface area contributed by atoms with Gasteiger partial charge in [0.1, 0.15) is 5.82 Å². The minimum Gasteiger partial charge on any atom is -0.431 e. The van der Waals surface area contributed by atoms with E-state index >= 15 is 0 Å². The van der Waals surface area contributed by atoms with Gasteiger partial charge < -0.3 is 14.3 Å². The van der Waals surface area contributed by atoms with Crippen molar-refractivity contribution in [1.29, 1.82) is 0 Å². The van der Waals surface area contributed by atoms with Crippen LogP contribution in [0, 0.1) is 6.92 Å². The Hall–Kier alpha value is -2.96. The Bertz CT molecular complexity index is 898. The number of nitrogens with zero attached hydrogens (tertiary/aromatic N) is 4. The van der Waals surface area contributed by atoms with Crippen LogP contribution >= 0.6 is 0 Å². The number of aryl methyl sites for hydroxylation is 2. The molecule has 1 aliphatic rings. The molecule has 7 heteroatoms. The summed E-state index contributed by atoms with van der Waals surface area (Å²) in [6, 6.07) is 9.53. The quantitative estimate of drug-likeness (QED) is 0.790. The second kappa shape index (κ2) is 6.51. The fourth-order valence-electron chi connectivity index (χ4n) is 3.05. The zero-order valence-electron chi connectivity index (χ0n) is 14.0. The summed E-state index contributed by atoms with van der Waals surface area (Å²) in [5.74, 6) is 2.17. The summed E-state index contributed by atoms with van der Waals surface area (Å²) >= 11 is 0. The van der Waals surface area contributed by atoms with E-state index in [0.29, 0.717) is 18.1 Å². The summed E-state index contributed by atoms with van der Waals surface area (Å²) in [7, 11) is 0. The second-order valence-electron chi connectivity index (χ2n) is 6.12. The highest BCUT2D eigenvalue weighted by Gasteiger charge is 2.20. The molecule has 128 valence electrons. The van der Waals surface area contributed by atoms with Crippen molar-refractivity contribution < 1.29 is 9.21 Å². The minimum atomic E-state index is -0.291. The number of benzene rings is 1. The van der Waals surface area contributed by atoms with E-state index in [2.05, 4.69) is 25.1 Å². The number of rotatable bonds is 4. The number of carbonyl (C=O) groups is 1. The zero-order valence-corrected chi connectivity index (χ0v) is 14.0. The lowest BCUT2D eigenvalue weighted by Crippen LogP contribution is -2.25. The second-order valence-corrected chi connectivity index (χ2v) is 6.12. The SMILES string of the molecule is Cc1nc(-c2ccccc2)oc1C(=O)NCc1nnc2n1CCCC2. The third kappa shape index (κ3) is 3.05. The van der Waals surface area contributed by atoms with Crippen LogP contribution in [-0.4, -0.2) is 25.7 Å². The molecule has 1 aliphatic heterocycles. The number of fused-ring (bicyclic) bond motifs is 1. The summed E-state index contributed by atoms with van der Waals surface area (Å²) < 4.78 is 7.77. The maximum atomic E-state index is 12.5. The number of aromatic nitrogens is 4. The van der Waals surface area contributed by atoms with Gasteiger partial charge >= 0.3 is 0 Å². The largest absolute Gasteiger partial charge is 0.431 e. The summed E-state index contributed by atoms with van der Waals surface area (Å²) in [5, 5.41) is 11.2. The van der Waals surface area contributed by atoms with Gasteiger partial charge in [-0.15, -0.1) is 10.2 Å². The lowest BCUT2D eigenvalue weighted by Gasteiger charge is -2.14. The fourth-order valence-corrected chi connectivity index (χ4v) is 3.05. The van der Waals surface area contributed by atoms with Crippen LogP contribution < -0.4 is 5.32 Å². The van der Waals surface area contributed by atoms with Crippen LogP contribution in [0.3, 0.4) is 0 Å². The number of hydrogen-bond acceptors (Lipinski definition) is 5. The van der Waals surface area contributed by atoms with Gasteiger partial charge in [0.05, 0.1) is 12.2 Å². The molecule has 1 amide bonds. The Kier molecular flexibility index (Phi) is 4.05. The Labute approximate surface area is 145 Å². The van der Waals surface area contributed by atoms with Crippen LogP contribution in [0.4, 0.5) is 0 Å². The van der Waals surface area contributed by atoms with Crippen molar-refractivity contribution in [2.45, 2.75) is 39.3 Å². The number of carbonyl (C=O) groups excluding carboxylic acids is 1. The third-order valence-electron chi connectivity index (χ3n) is 4.37. The van der Waals surface area contributed by atoms with Gasteiger partial charge in [0.2, 0.25) is 11.7 Å². The van der Waals surface area contributed by atoms with Crippen molar-refractivity contribution in [3.63, 3.8) is 0 Å². The van der Waals surface area contributed by atoms with Gasteiger partial charge in [-0.3, -0.25) is 4.79 Å². The van der Waals surface area contributed by atoms with Gasteiger partial charge in [-0.25, -0.2) is 4.98 Å². The summed E-state index contributed by atoms with van der Waals surface area (Å²) in [6.45, 7) is 3.00. The first-order valence-electron chi connectivity index (χ1n) is 8.44. The average molecular weight is 337 g/mol. The highest BCUT2D eigenvalue weighted by atomic mass is 16.4. The molecule has 1 aromatic carbocycles. The van der Waals surface area contributed by atoms with Crippen LogP contribution in [0.5, 0.6) is 0 Å². The Morgan fingerprint density at radius 2 is 2.08 bits per heavy atom. The number of amides is 1.